The summed E-state index contributed by atoms with van der Waals surface area (Å²) in [6.07, 6.45) is 0. The quantitative estimate of drug-likeness (QED) is 0.460. The van der Waals surface area contributed by atoms with E-state index in [1.54, 1.807) is 12.1 Å². The minimum absolute atomic E-state index is 0.0841. The standard InChI is InChI=1S/C20H22FN3O2S2/c1-10(2)11(3)22-15(25)9-27-20-23-18(26)17-16(12(4)28-19(17)24-20)13-5-7-14(21)8-6-13/h5-8,10-11H,9H2,1-4H3,(H,22,25)(H,23,24,26)/t11-/m0/s1. The van der Waals surface area contributed by atoms with Crippen molar-refractivity contribution in [2.45, 2.75) is 38.9 Å². The summed E-state index contributed by atoms with van der Waals surface area (Å²) >= 11 is 2.62. The van der Waals surface area contributed by atoms with Gasteiger partial charge in [-0.1, -0.05) is 37.7 Å². The van der Waals surface area contributed by atoms with Crippen molar-refractivity contribution in [2.24, 2.45) is 5.92 Å². The normalized spacial score (nSPS) is 12.5. The molecule has 0 aliphatic rings. The highest BCUT2D eigenvalue weighted by Gasteiger charge is 2.18. The molecule has 1 amide bonds. The van der Waals surface area contributed by atoms with E-state index in [9.17, 15) is 14.0 Å². The van der Waals surface area contributed by atoms with Crippen molar-refractivity contribution in [3.05, 3.63) is 45.3 Å². The third-order valence-corrected chi connectivity index (χ3v) is 6.45. The molecule has 0 bridgehead atoms. The molecule has 0 fully saturated rings. The van der Waals surface area contributed by atoms with Gasteiger partial charge in [0.25, 0.3) is 5.56 Å². The van der Waals surface area contributed by atoms with Crippen LogP contribution in [0.1, 0.15) is 25.6 Å². The van der Waals surface area contributed by atoms with Gasteiger partial charge in [-0.25, -0.2) is 9.37 Å². The highest BCUT2D eigenvalue weighted by molar-refractivity contribution is 7.99. The molecule has 0 aliphatic carbocycles. The number of thioether (sulfide) groups is 1. The summed E-state index contributed by atoms with van der Waals surface area (Å²) in [6, 6.07) is 6.15. The van der Waals surface area contributed by atoms with E-state index in [4.69, 9.17) is 0 Å². The molecule has 28 heavy (non-hydrogen) atoms. The molecule has 0 saturated heterocycles. The number of carbonyl (C=O) groups is 1. The summed E-state index contributed by atoms with van der Waals surface area (Å²) in [5.74, 6) is 0.114. The van der Waals surface area contributed by atoms with Crippen LogP contribution in [0, 0.1) is 18.7 Å². The summed E-state index contributed by atoms with van der Waals surface area (Å²) in [6.45, 7) is 7.97. The molecule has 3 rings (SSSR count). The van der Waals surface area contributed by atoms with Crippen molar-refractivity contribution in [3.63, 3.8) is 0 Å². The lowest BCUT2D eigenvalue weighted by Gasteiger charge is -2.16. The lowest BCUT2D eigenvalue weighted by molar-refractivity contribution is -0.119. The zero-order valence-electron chi connectivity index (χ0n) is 16.1. The second-order valence-electron chi connectivity index (χ2n) is 6.98. The van der Waals surface area contributed by atoms with Gasteiger partial charge in [0.15, 0.2) is 5.16 Å². The van der Waals surface area contributed by atoms with Gasteiger partial charge in [0, 0.05) is 16.5 Å². The number of aromatic nitrogens is 2. The average molecular weight is 420 g/mol. The second-order valence-corrected chi connectivity index (χ2v) is 9.15. The molecule has 8 heteroatoms. The second kappa shape index (κ2) is 8.45. The van der Waals surface area contributed by atoms with Crippen LogP contribution in [0.5, 0.6) is 0 Å². The molecule has 0 radical (unpaired) electrons. The number of fused-ring (bicyclic) bond motifs is 1. The lowest BCUT2D eigenvalue weighted by Crippen LogP contribution is -2.37. The number of benzene rings is 1. The van der Waals surface area contributed by atoms with E-state index in [1.807, 2.05) is 27.7 Å². The van der Waals surface area contributed by atoms with Crippen LogP contribution in [0.4, 0.5) is 4.39 Å². The van der Waals surface area contributed by atoms with Crippen LogP contribution in [0.25, 0.3) is 21.3 Å². The fraction of sp³-hybridized carbons (Fsp3) is 0.350. The predicted molar refractivity (Wildman–Crippen MR) is 114 cm³/mol. The number of aromatic amines is 1. The molecular weight excluding hydrogens is 397 g/mol. The molecule has 0 unspecified atom stereocenters. The zero-order chi connectivity index (χ0) is 20.4. The third-order valence-electron chi connectivity index (χ3n) is 4.58. The van der Waals surface area contributed by atoms with Crippen molar-refractivity contribution in [3.8, 4) is 11.1 Å². The van der Waals surface area contributed by atoms with Crippen LogP contribution in [0.3, 0.4) is 0 Å². The monoisotopic (exact) mass is 419 g/mol. The fourth-order valence-corrected chi connectivity index (χ4v) is 4.50. The van der Waals surface area contributed by atoms with Crippen molar-refractivity contribution < 1.29 is 9.18 Å². The van der Waals surface area contributed by atoms with Gasteiger partial charge in [0.05, 0.1) is 11.1 Å². The molecule has 2 heterocycles. The van der Waals surface area contributed by atoms with Crippen LogP contribution in [0.15, 0.2) is 34.2 Å². The van der Waals surface area contributed by atoms with Gasteiger partial charge in [0.1, 0.15) is 10.6 Å². The zero-order valence-corrected chi connectivity index (χ0v) is 17.8. The van der Waals surface area contributed by atoms with Crippen molar-refractivity contribution in [1.29, 1.82) is 0 Å². The highest BCUT2D eigenvalue weighted by Crippen LogP contribution is 2.36. The number of rotatable bonds is 6. The predicted octanol–water partition coefficient (Wildman–Crippen LogP) is 4.35. The molecule has 1 aromatic carbocycles. The molecule has 3 aromatic rings. The molecule has 0 saturated carbocycles. The number of amides is 1. The van der Waals surface area contributed by atoms with E-state index < -0.39 is 0 Å². The molecular formula is C20H22FN3O2S2. The van der Waals surface area contributed by atoms with Gasteiger partial charge in [-0.2, -0.15) is 0 Å². The lowest BCUT2D eigenvalue weighted by atomic mass is 10.0. The molecule has 0 aliphatic heterocycles. The molecule has 2 aromatic heterocycles. The molecule has 5 nitrogen and oxygen atoms in total. The molecule has 2 N–H and O–H groups in total. The van der Waals surface area contributed by atoms with Crippen LogP contribution in [-0.2, 0) is 4.79 Å². The van der Waals surface area contributed by atoms with Gasteiger partial charge >= 0.3 is 0 Å². The minimum atomic E-state index is -0.322. The van der Waals surface area contributed by atoms with Gasteiger partial charge in [0.2, 0.25) is 5.91 Å². The number of carbonyl (C=O) groups excluding carboxylic acids is 1. The summed E-state index contributed by atoms with van der Waals surface area (Å²) in [5.41, 5.74) is 1.29. The van der Waals surface area contributed by atoms with Crippen molar-refractivity contribution in [2.75, 3.05) is 5.75 Å². The minimum Gasteiger partial charge on any atom is -0.353 e. The summed E-state index contributed by atoms with van der Waals surface area (Å²) in [4.78, 5) is 33.6. The first-order valence-corrected chi connectivity index (χ1v) is 10.8. The Balaban J connectivity index is 1.85. The number of halogens is 1. The summed E-state index contributed by atoms with van der Waals surface area (Å²) in [7, 11) is 0. The average Bonchev–Trinajstić information content (AvgIpc) is 2.97. The smallest absolute Gasteiger partial charge is 0.260 e. The highest BCUT2D eigenvalue weighted by atomic mass is 32.2. The molecule has 0 spiro atoms. The number of hydrogen-bond acceptors (Lipinski definition) is 5. The maximum Gasteiger partial charge on any atom is 0.260 e. The van der Waals surface area contributed by atoms with Gasteiger partial charge in [-0.05, 0) is 37.5 Å². The van der Waals surface area contributed by atoms with Crippen LogP contribution in [-0.4, -0.2) is 27.7 Å². The van der Waals surface area contributed by atoms with Gasteiger partial charge in [-0.15, -0.1) is 11.3 Å². The maximum atomic E-state index is 13.2. The van der Waals surface area contributed by atoms with Crippen LogP contribution >= 0.6 is 23.1 Å². The van der Waals surface area contributed by atoms with Crippen LogP contribution in [0.2, 0.25) is 0 Å². The Morgan fingerprint density at radius 2 is 1.96 bits per heavy atom. The maximum absolute atomic E-state index is 13.2. The topological polar surface area (TPSA) is 74.8 Å². The van der Waals surface area contributed by atoms with E-state index in [-0.39, 0.29) is 29.1 Å². The van der Waals surface area contributed by atoms with E-state index in [1.165, 1.54) is 35.2 Å². The number of thiophene rings is 1. The Labute approximate surface area is 170 Å². The third kappa shape index (κ3) is 4.44. The van der Waals surface area contributed by atoms with Crippen LogP contribution < -0.4 is 10.9 Å². The number of aryl methyl sites for hydroxylation is 1. The Kier molecular flexibility index (Phi) is 6.20. The first-order chi connectivity index (χ1) is 13.3. The van der Waals surface area contributed by atoms with E-state index >= 15 is 0 Å². The first-order valence-electron chi connectivity index (χ1n) is 8.97. The number of nitrogens with zero attached hydrogens (tertiary/aromatic N) is 1. The largest absolute Gasteiger partial charge is 0.353 e. The van der Waals surface area contributed by atoms with E-state index in [0.717, 1.165) is 16.0 Å². The SMILES string of the molecule is Cc1sc2nc(SCC(=O)N[C@@H](C)C(C)C)[nH]c(=O)c2c1-c1ccc(F)cc1. The fourth-order valence-electron chi connectivity index (χ4n) is 2.73. The van der Waals surface area contributed by atoms with Gasteiger partial charge < -0.3 is 10.3 Å². The summed E-state index contributed by atoms with van der Waals surface area (Å²) < 4.78 is 13.2. The molecule has 1 atom stereocenters. The Morgan fingerprint density at radius 3 is 2.61 bits per heavy atom. The number of H-pyrrole nitrogens is 1. The van der Waals surface area contributed by atoms with E-state index in [0.29, 0.717) is 21.3 Å². The first kappa shape index (κ1) is 20.5. The number of nitrogens with one attached hydrogen (secondary N) is 2. The van der Waals surface area contributed by atoms with E-state index in [2.05, 4.69) is 15.3 Å². The van der Waals surface area contributed by atoms with Crippen molar-refractivity contribution in [1.82, 2.24) is 15.3 Å². The molecule has 148 valence electrons. The number of hydrogen-bond donors (Lipinski definition) is 2. The Morgan fingerprint density at radius 1 is 1.29 bits per heavy atom. The Bertz CT molecular complexity index is 1060. The summed E-state index contributed by atoms with van der Waals surface area (Å²) in [5, 5.41) is 3.84. The Hall–Kier alpha value is -2.19. The van der Waals surface area contributed by atoms with Crippen molar-refractivity contribution >= 4 is 39.2 Å². The van der Waals surface area contributed by atoms with Gasteiger partial charge in [-0.3, -0.25) is 9.59 Å².